The molecule has 0 atom stereocenters. The zero-order valence-electron chi connectivity index (χ0n) is 15.3. The number of nitrogens with one attached hydrogen (secondary N) is 2. The van der Waals surface area contributed by atoms with E-state index in [1.54, 1.807) is 24.3 Å². The van der Waals surface area contributed by atoms with Crippen LogP contribution >= 0.6 is 0 Å². The van der Waals surface area contributed by atoms with Gasteiger partial charge in [0.25, 0.3) is 0 Å². The summed E-state index contributed by atoms with van der Waals surface area (Å²) in [4.78, 5) is 13.6. The largest absolute Gasteiger partial charge is 0.352 e. The number of sulfone groups is 1. The molecule has 0 spiro atoms. The van der Waals surface area contributed by atoms with E-state index in [9.17, 15) is 8.42 Å². The number of hydrogen-bond donors (Lipinski definition) is 2. The van der Waals surface area contributed by atoms with Gasteiger partial charge in [0.15, 0.2) is 15.7 Å². The molecule has 0 fully saturated rings. The minimum Gasteiger partial charge on any atom is -0.352 e. The highest BCUT2D eigenvalue weighted by atomic mass is 32.2. The van der Waals surface area contributed by atoms with E-state index in [-0.39, 0.29) is 13.8 Å². The molecule has 0 saturated carbocycles. The highest BCUT2D eigenvalue weighted by molar-refractivity contribution is 7.90. The van der Waals surface area contributed by atoms with E-state index in [4.69, 9.17) is 0 Å². The molecule has 2 N–H and O–H groups in total. The van der Waals surface area contributed by atoms with Crippen molar-refractivity contribution in [1.82, 2.24) is 15.0 Å². The van der Waals surface area contributed by atoms with E-state index < -0.39 is 9.84 Å². The molecule has 1 aromatic heterocycles. The molecule has 1 heterocycles. The van der Waals surface area contributed by atoms with Crippen LogP contribution in [0.3, 0.4) is 0 Å². The van der Waals surface area contributed by atoms with Crippen LogP contribution in [-0.4, -0.2) is 35.7 Å². The summed E-state index contributed by atoms with van der Waals surface area (Å²) >= 11 is 0. The second-order valence-electron chi connectivity index (χ2n) is 6.40. The Labute approximate surface area is 161 Å². The van der Waals surface area contributed by atoms with Crippen molar-refractivity contribution in [2.45, 2.75) is 24.8 Å². The predicted molar refractivity (Wildman–Crippen MR) is 111 cm³/mol. The van der Waals surface area contributed by atoms with Gasteiger partial charge in [-0.2, -0.15) is 15.0 Å². The summed E-state index contributed by atoms with van der Waals surface area (Å²) in [5.41, 5.74) is 1.44. The highest BCUT2D eigenvalue weighted by Gasteiger charge is 2.11. The number of hydrogen-bond acceptors (Lipinski definition) is 7. The third kappa shape index (κ3) is 5.01. The average Bonchev–Trinajstić information content (AvgIpc) is 2.61. The maximum Gasteiger partial charge on any atom is 0.232 e. The molecule has 0 unspecified atom stereocenters. The molecular formula is C19H25N5O2S. The minimum atomic E-state index is -3.30. The summed E-state index contributed by atoms with van der Waals surface area (Å²) in [6.45, 7) is 3.99. The van der Waals surface area contributed by atoms with Gasteiger partial charge in [-0.05, 0) is 32.0 Å². The maximum atomic E-state index is 11.8. The Kier molecular flexibility index (Phi) is 5.36. The number of benzene rings is 2. The standard InChI is InChI=1S/C19H21N5O2S.2H2/c1-13(2)20-18-22-17(14-8-5-4-6-9-14)23-19(24-18)21-15-10-7-11-16(12-15)27(3,25)26;;/h4-13H,1-3H3,(H2,20,21,22,23,24);2*1H. The first-order chi connectivity index (χ1) is 12.8. The Bertz CT molecular complexity index is 1050. The molecule has 0 saturated heterocycles. The molecule has 2 aromatic carbocycles. The van der Waals surface area contributed by atoms with Gasteiger partial charge < -0.3 is 10.6 Å². The van der Waals surface area contributed by atoms with Gasteiger partial charge in [-0.15, -0.1) is 0 Å². The topological polar surface area (TPSA) is 96.9 Å². The summed E-state index contributed by atoms with van der Waals surface area (Å²) in [6.07, 6.45) is 1.17. The van der Waals surface area contributed by atoms with E-state index in [1.165, 1.54) is 6.26 Å². The van der Waals surface area contributed by atoms with Gasteiger partial charge in [0.1, 0.15) is 0 Å². The molecule has 0 aliphatic carbocycles. The predicted octanol–water partition coefficient (Wildman–Crippen LogP) is 4.00. The second-order valence-corrected chi connectivity index (χ2v) is 8.41. The summed E-state index contributed by atoms with van der Waals surface area (Å²) in [5.74, 6) is 1.30. The smallest absolute Gasteiger partial charge is 0.232 e. The van der Waals surface area contributed by atoms with Crippen LogP contribution in [-0.2, 0) is 9.84 Å². The molecule has 3 aromatic rings. The van der Waals surface area contributed by atoms with E-state index in [1.807, 2.05) is 44.2 Å². The summed E-state index contributed by atoms with van der Waals surface area (Å²) in [6, 6.07) is 16.3. The molecule has 0 bridgehead atoms. The molecule has 0 aliphatic heterocycles. The van der Waals surface area contributed by atoms with Crippen molar-refractivity contribution in [2.75, 3.05) is 16.9 Å². The van der Waals surface area contributed by atoms with Crippen LogP contribution in [0.25, 0.3) is 11.4 Å². The number of rotatable bonds is 6. The number of anilines is 3. The fourth-order valence-electron chi connectivity index (χ4n) is 2.40. The lowest BCUT2D eigenvalue weighted by molar-refractivity contribution is 0.602. The first kappa shape index (κ1) is 18.8. The van der Waals surface area contributed by atoms with Gasteiger partial charge in [0, 0.05) is 26.4 Å². The maximum absolute atomic E-state index is 11.8. The van der Waals surface area contributed by atoms with Crippen molar-refractivity contribution in [1.29, 1.82) is 0 Å². The molecule has 27 heavy (non-hydrogen) atoms. The van der Waals surface area contributed by atoms with Crippen molar-refractivity contribution >= 4 is 27.4 Å². The lowest BCUT2D eigenvalue weighted by Crippen LogP contribution is -2.14. The molecule has 8 heteroatoms. The van der Waals surface area contributed by atoms with E-state index in [0.717, 1.165) is 5.56 Å². The Balaban J connectivity index is 0.00000210. The minimum absolute atomic E-state index is 0. The zero-order valence-corrected chi connectivity index (χ0v) is 16.2. The van der Waals surface area contributed by atoms with Crippen molar-refractivity contribution in [3.63, 3.8) is 0 Å². The number of nitrogens with zero attached hydrogens (tertiary/aromatic N) is 3. The molecule has 3 rings (SSSR count). The van der Waals surface area contributed by atoms with Gasteiger partial charge >= 0.3 is 0 Å². The first-order valence-corrected chi connectivity index (χ1v) is 10.4. The van der Waals surface area contributed by atoms with Gasteiger partial charge in [0.2, 0.25) is 11.9 Å². The third-order valence-electron chi connectivity index (χ3n) is 3.60. The van der Waals surface area contributed by atoms with Crippen LogP contribution in [0.15, 0.2) is 59.5 Å². The van der Waals surface area contributed by atoms with Crippen LogP contribution in [0.4, 0.5) is 17.6 Å². The van der Waals surface area contributed by atoms with Gasteiger partial charge in [-0.3, -0.25) is 0 Å². The summed E-state index contributed by atoms with van der Waals surface area (Å²) in [5, 5.41) is 6.25. The van der Waals surface area contributed by atoms with Crippen molar-refractivity contribution in [3.8, 4) is 11.4 Å². The summed E-state index contributed by atoms with van der Waals surface area (Å²) < 4.78 is 23.5. The summed E-state index contributed by atoms with van der Waals surface area (Å²) in [7, 11) is -3.30. The number of aromatic nitrogens is 3. The van der Waals surface area contributed by atoms with Gasteiger partial charge in [-0.1, -0.05) is 36.4 Å². The lowest BCUT2D eigenvalue weighted by Gasteiger charge is -2.12. The third-order valence-corrected chi connectivity index (χ3v) is 4.71. The van der Waals surface area contributed by atoms with E-state index in [2.05, 4.69) is 25.6 Å². The SMILES string of the molecule is CC(C)Nc1nc(Nc2cccc(S(C)(=O)=O)c2)nc(-c2ccccc2)n1.[HH].[HH]. The highest BCUT2D eigenvalue weighted by Crippen LogP contribution is 2.22. The van der Waals surface area contributed by atoms with Crippen LogP contribution in [0, 0.1) is 0 Å². The zero-order chi connectivity index (χ0) is 19.4. The van der Waals surface area contributed by atoms with Gasteiger partial charge in [0.05, 0.1) is 4.90 Å². The van der Waals surface area contributed by atoms with Crippen LogP contribution < -0.4 is 10.6 Å². The normalized spacial score (nSPS) is 11.4. The lowest BCUT2D eigenvalue weighted by atomic mass is 10.2. The first-order valence-electron chi connectivity index (χ1n) is 8.46. The molecule has 7 nitrogen and oxygen atoms in total. The van der Waals surface area contributed by atoms with Crippen LogP contribution in [0.2, 0.25) is 0 Å². The Morgan fingerprint density at radius 2 is 1.63 bits per heavy atom. The van der Waals surface area contributed by atoms with E-state index >= 15 is 0 Å². The average molecular weight is 388 g/mol. The van der Waals surface area contributed by atoms with Crippen LogP contribution in [0.1, 0.15) is 16.7 Å². The Morgan fingerprint density at radius 1 is 0.926 bits per heavy atom. The van der Waals surface area contributed by atoms with Crippen molar-refractivity contribution in [3.05, 3.63) is 54.6 Å². The van der Waals surface area contributed by atoms with Crippen molar-refractivity contribution < 1.29 is 11.3 Å². The molecular weight excluding hydrogens is 362 g/mol. The molecule has 0 radical (unpaired) electrons. The van der Waals surface area contributed by atoms with E-state index in [0.29, 0.717) is 23.4 Å². The molecule has 0 amide bonds. The second kappa shape index (κ2) is 7.71. The van der Waals surface area contributed by atoms with Crippen molar-refractivity contribution in [2.24, 2.45) is 0 Å². The van der Waals surface area contributed by atoms with Gasteiger partial charge in [-0.25, -0.2) is 8.42 Å². The quantitative estimate of drug-likeness (QED) is 0.660. The fraction of sp³-hybridized carbons (Fsp3) is 0.211. The Hall–Kier alpha value is -3.00. The molecule has 144 valence electrons. The van der Waals surface area contributed by atoms with Crippen LogP contribution in [0.5, 0.6) is 0 Å². The monoisotopic (exact) mass is 387 g/mol. The Morgan fingerprint density at radius 3 is 2.30 bits per heavy atom. The molecule has 0 aliphatic rings. The fourth-order valence-corrected chi connectivity index (χ4v) is 3.07.